The molecule has 0 bridgehead atoms. The Labute approximate surface area is 176 Å². The predicted molar refractivity (Wildman–Crippen MR) is 109 cm³/mol. The van der Waals surface area contributed by atoms with Gasteiger partial charge in [0.15, 0.2) is 11.6 Å². The molecule has 1 atom stereocenters. The Hall–Kier alpha value is -3.43. The third-order valence-electron chi connectivity index (χ3n) is 5.32. The summed E-state index contributed by atoms with van der Waals surface area (Å²) >= 11 is 0. The number of rotatable bonds is 4. The molecule has 3 aromatic rings. The standard InChI is InChI=1S/C21H21F3N6O/c1-14-25-10-12-30(14)19-9-8-18(27-28-19)29-11-4-5-15(13-29)20(31)26-17-7-3-2-6-16(17)21(22,23)24/h2-3,6-10,12,15H,4-5,11,13H2,1H3,(H,26,31). The molecule has 2 aromatic heterocycles. The van der Waals surface area contributed by atoms with Crippen molar-refractivity contribution < 1.29 is 18.0 Å². The molecule has 0 spiro atoms. The molecular formula is C21H21F3N6O. The van der Waals surface area contributed by atoms with Crippen LogP contribution in [0.25, 0.3) is 5.82 Å². The van der Waals surface area contributed by atoms with Crippen molar-refractivity contribution >= 4 is 17.4 Å². The zero-order valence-corrected chi connectivity index (χ0v) is 16.8. The van der Waals surface area contributed by atoms with E-state index in [4.69, 9.17) is 0 Å². The Bertz CT molecular complexity index is 1060. The van der Waals surface area contributed by atoms with Crippen LogP contribution in [0.2, 0.25) is 0 Å². The maximum Gasteiger partial charge on any atom is 0.418 e. The molecule has 1 aromatic carbocycles. The van der Waals surface area contributed by atoms with Gasteiger partial charge in [0.25, 0.3) is 0 Å². The first-order valence-corrected chi connectivity index (χ1v) is 9.89. The number of anilines is 2. The van der Waals surface area contributed by atoms with Gasteiger partial charge in [-0.05, 0) is 44.0 Å². The summed E-state index contributed by atoms with van der Waals surface area (Å²) in [5, 5.41) is 11.0. The highest BCUT2D eigenvalue weighted by Crippen LogP contribution is 2.35. The van der Waals surface area contributed by atoms with Crippen molar-refractivity contribution in [2.24, 2.45) is 5.92 Å². The van der Waals surface area contributed by atoms with Gasteiger partial charge in [0.2, 0.25) is 5.91 Å². The monoisotopic (exact) mass is 430 g/mol. The van der Waals surface area contributed by atoms with Crippen LogP contribution in [0.4, 0.5) is 24.7 Å². The molecule has 1 amide bonds. The van der Waals surface area contributed by atoms with E-state index in [0.717, 1.165) is 18.3 Å². The lowest BCUT2D eigenvalue weighted by Gasteiger charge is -2.32. The van der Waals surface area contributed by atoms with Crippen LogP contribution in [0.1, 0.15) is 24.2 Å². The van der Waals surface area contributed by atoms with E-state index in [2.05, 4.69) is 20.5 Å². The zero-order chi connectivity index (χ0) is 22.0. The average Bonchev–Trinajstić information content (AvgIpc) is 3.19. The number of hydrogen-bond donors (Lipinski definition) is 1. The first kappa shape index (κ1) is 20.8. The quantitative estimate of drug-likeness (QED) is 0.681. The number of piperidine rings is 1. The predicted octanol–water partition coefficient (Wildman–Crippen LogP) is 3.84. The number of aryl methyl sites for hydroxylation is 1. The summed E-state index contributed by atoms with van der Waals surface area (Å²) in [6.45, 7) is 2.92. The molecule has 1 aliphatic heterocycles. The first-order chi connectivity index (χ1) is 14.8. The minimum atomic E-state index is -4.53. The zero-order valence-electron chi connectivity index (χ0n) is 16.8. The van der Waals surface area contributed by atoms with Crippen molar-refractivity contribution in [3.8, 4) is 5.82 Å². The number of aromatic nitrogens is 4. The molecule has 4 rings (SSSR count). The van der Waals surface area contributed by atoms with Crippen molar-refractivity contribution in [2.75, 3.05) is 23.3 Å². The van der Waals surface area contributed by atoms with Crippen LogP contribution in [0.3, 0.4) is 0 Å². The molecule has 31 heavy (non-hydrogen) atoms. The number of halogens is 3. The summed E-state index contributed by atoms with van der Waals surface area (Å²) in [6.07, 6.45) is 0.251. The van der Waals surface area contributed by atoms with Crippen LogP contribution in [-0.4, -0.2) is 38.7 Å². The van der Waals surface area contributed by atoms with Gasteiger partial charge in [-0.1, -0.05) is 12.1 Å². The lowest BCUT2D eigenvalue weighted by molar-refractivity contribution is -0.137. The topological polar surface area (TPSA) is 75.9 Å². The number of nitrogens with one attached hydrogen (secondary N) is 1. The summed E-state index contributed by atoms with van der Waals surface area (Å²) in [4.78, 5) is 18.8. The fourth-order valence-corrected chi connectivity index (χ4v) is 3.71. The molecule has 1 N–H and O–H groups in total. The summed E-state index contributed by atoms with van der Waals surface area (Å²) < 4.78 is 41.4. The van der Waals surface area contributed by atoms with E-state index in [-0.39, 0.29) is 5.69 Å². The summed E-state index contributed by atoms with van der Waals surface area (Å²) in [6, 6.07) is 8.64. The smallest absolute Gasteiger partial charge is 0.354 e. The van der Waals surface area contributed by atoms with E-state index >= 15 is 0 Å². The minimum Gasteiger partial charge on any atom is -0.354 e. The molecule has 1 unspecified atom stereocenters. The molecule has 1 saturated heterocycles. The average molecular weight is 430 g/mol. The fourth-order valence-electron chi connectivity index (χ4n) is 3.71. The number of hydrogen-bond acceptors (Lipinski definition) is 5. The molecule has 0 saturated carbocycles. The van der Waals surface area contributed by atoms with Gasteiger partial charge >= 0.3 is 6.18 Å². The molecule has 0 radical (unpaired) electrons. The molecule has 7 nitrogen and oxygen atoms in total. The second-order valence-electron chi connectivity index (χ2n) is 7.41. The van der Waals surface area contributed by atoms with Crippen LogP contribution in [0.5, 0.6) is 0 Å². The lowest BCUT2D eigenvalue weighted by atomic mass is 9.96. The van der Waals surface area contributed by atoms with Crippen molar-refractivity contribution in [2.45, 2.75) is 25.9 Å². The number of nitrogens with zero attached hydrogens (tertiary/aromatic N) is 5. The molecule has 3 heterocycles. The molecule has 1 fully saturated rings. The van der Waals surface area contributed by atoms with Crippen LogP contribution in [0, 0.1) is 12.8 Å². The van der Waals surface area contributed by atoms with Crippen molar-refractivity contribution in [1.29, 1.82) is 0 Å². The van der Waals surface area contributed by atoms with Gasteiger partial charge < -0.3 is 10.2 Å². The van der Waals surface area contributed by atoms with Gasteiger partial charge in [-0.2, -0.15) is 13.2 Å². The lowest BCUT2D eigenvalue weighted by Crippen LogP contribution is -2.41. The summed E-state index contributed by atoms with van der Waals surface area (Å²) in [5.74, 6) is 1.16. The Balaban J connectivity index is 1.45. The maximum absolute atomic E-state index is 13.2. The number of amides is 1. The van der Waals surface area contributed by atoms with Crippen molar-refractivity contribution in [1.82, 2.24) is 19.7 Å². The number of carbonyl (C=O) groups excluding carboxylic acids is 1. The van der Waals surface area contributed by atoms with Crippen LogP contribution in [0.15, 0.2) is 48.8 Å². The Morgan fingerprint density at radius 1 is 1.13 bits per heavy atom. The normalized spacial score (nSPS) is 16.9. The number of alkyl halides is 3. The van der Waals surface area contributed by atoms with E-state index in [0.29, 0.717) is 31.1 Å². The largest absolute Gasteiger partial charge is 0.418 e. The van der Waals surface area contributed by atoms with Gasteiger partial charge in [-0.25, -0.2) is 4.98 Å². The number of benzene rings is 1. The van der Waals surface area contributed by atoms with Crippen LogP contribution < -0.4 is 10.2 Å². The fraction of sp³-hybridized carbons (Fsp3) is 0.333. The Morgan fingerprint density at radius 3 is 2.55 bits per heavy atom. The second kappa shape index (κ2) is 8.37. The highest BCUT2D eigenvalue weighted by molar-refractivity contribution is 5.93. The Kier molecular flexibility index (Phi) is 5.62. The van der Waals surface area contributed by atoms with Crippen LogP contribution in [-0.2, 0) is 11.0 Å². The summed E-state index contributed by atoms with van der Waals surface area (Å²) in [5.41, 5.74) is -1.08. The summed E-state index contributed by atoms with van der Waals surface area (Å²) in [7, 11) is 0. The molecule has 10 heteroatoms. The van der Waals surface area contributed by atoms with E-state index < -0.39 is 23.6 Å². The number of para-hydroxylation sites is 1. The van der Waals surface area contributed by atoms with E-state index in [1.165, 1.54) is 18.2 Å². The second-order valence-corrected chi connectivity index (χ2v) is 7.41. The third kappa shape index (κ3) is 4.52. The molecule has 1 aliphatic rings. The van der Waals surface area contributed by atoms with Gasteiger partial charge in [0, 0.05) is 25.5 Å². The van der Waals surface area contributed by atoms with E-state index in [1.807, 2.05) is 24.0 Å². The SMILES string of the molecule is Cc1nccn1-c1ccc(N2CCCC(C(=O)Nc3ccccc3C(F)(F)F)C2)nn1. The molecule has 0 aliphatic carbocycles. The third-order valence-corrected chi connectivity index (χ3v) is 5.32. The van der Waals surface area contributed by atoms with Gasteiger partial charge in [0.1, 0.15) is 5.82 Å². The van der Waals surface area contributed by atoms with Crippen LogP contribution >= 0.6 is 0 Å². The number of carbonyl (C=O) groups is 1. The van der Waals surface area contributed by atoms with E-state index in [9.17, 15) is 18.0 Å². The molecular weight excluding hydrogens is 409 g/mol. The van der Waals surface area contributed by atoms with Crippen molar-refractivity contribution in [3.63, 3.8) is 0 Å². The highest BCUT2D eigenvalue weighted by atomic mass is 19.4. The minimum absolute atomic E-state index is 0.225. The maximum atomic E-state index is 13.2. The highest BCUT2D eigenvalue weighted by Gasteiger charge is 2.34. The van der Waals surface area contributed by atoms with Gasteiger partial charge in [-0.15, -0.1) is 10.2 Å². The molecule has 162 valence electrons. The first-order valence-electron chi connectivity index (χ1n) is 9.89. The Morgan fingerprint density at radius 2 is 1.87 bits per heavy atom. The number of imidazole rings is 1. The van der Waals surface area contributed by atoms with Gasteiger partial charge in [-0.3, -0.25) is 9.36 Å². The van der Waals surface area contributed by atoms with Crippen molar-refractivity contribution in [3.05, 3.63) is 60.2 Å². The van der Waals surface area contributed by atoms with E-state index in [1.54, 1.807) is 17.0 Å². The van der Waals surface area contributed by atoms with Gasteiger partial charge in [0.05, 0.1) is 17.2 Å².